The molecule has 6 nitrogen and oxygen atoms in total. The second kappa shape index (κ2) is 7.03. The zero-order valence-electron chi connectivity index (χ0n) is 12.1. The van der Waals surface area contributed by atoms with Gasteiger partial charge in [-0.2, -0.15) is 5.48 Å². The van der Waals surface area contributed by atoms with E-state index in [2.05, 4.69) is 0 Å². The van der Waals surface area contributed by atoms with E-state index in [4.69, 9.17) is 14.7 Å². The van der Waals surface area contributed by atoms with Crippen molar-refractivity contribution >= 4 is 12.1 Å². The molecule has 1 aromatic carbocycles. The number of nitrogens with one attached hydrogen (secondary N) is 1. The predicted molar refractivity (Wildman–Crippen MR) is 72.1 cm³/mol. The third kappa shape index (κ3) is 5.78. The smallest absolute Gasteiger partial charge is 0.431 e. The SMILES string of the molecule is CC(C)(C)OC(=O)NOCC(C(=O)O)c1ccccc1F. The lowest BCUT2D eigenvalue weighted by Crippen LogP contribution is -2.34. The summed E-state index contributed by atoms with van der Waals surface area (Å²) in [6.45, 7) is 4.60. The third-order valence-electron chi connectivity index (χ3n) is 2.38. The number of hydrogen-bond donors (Lipinski definition) is 2. The summed E-state index contributed by atoms with van der Waals surface area (Å²) in [5.41, 5.74) is 1.25. The van der Waals surface area contributed by atoms with Gasteiger partial charge in [0.25, 0.3) is 0 Å². The molecule has 1 amide bonds. The molecule has 0 aromatic heterocycles. The van der Waals surface area contributed by atoms with Gasteiger partial charge in [-0.25, -0.2) is 9.18 Å². The fourth-order valence-electron chi connectivity index (χ4n) is 1.53. The van der Waals surface area contributed by atoms with Crippen molar-refractivity contribution in [2.45, 2.75) is 32.3 Å². The van der Waals surface area contributed by atoms with Crippen molar-refractivity contribution in [3.63, 3.8) is 0 Å². The van der Waals surface area contributed by atoms with Crippen LogP contribution in [0.1, 0.15) is 32.3 Å². The van der Waals surface area contributed by atoms with E-state index in [9.17, 15) is 14.0 Å². The van der Waals surface area contributed by atoms with Crippen LogP contribution in [0.2, 0.25) is 0 Å². The van der Waals surface area contributed by atoms with E-state index in [1.807, 2.05) is 5.48 Å². The number of carbonyl (C=O) groups excluding carboxylic acids is 1. The molecule has 1 atom stereocenters. The molecule has 1 unspecified atom stereocenters. The number of hydroxylamine groups is 1. The number of aliphatic carboxylic acids is 1. The number of carboxylic acid groups (broad SMARTS) is 1. The number of ether oxygens (including phenoxy) is 1. The van der Waals surface area contributed by atoms with E-state index in [0.717, 1.165) is 6.07 Å². The average Bonchev–Trinajstić information content (AvgIpc) is 2.33. The second-order valence-electron chi connectivity index (χ2n) is 5.33. The molecule has 0 fully saturated rings. The Bertz CT molecular complexity index is 512. The van der Waals surface area contributed by atoms with Crippen LogP contribution in [0.3, 0.4) is 0 Å². The first kappa shape index (κ1) is 16.9. The molecule has 116 valence electrons. The Morgan fingerprint density at radius 2 is 1.95 bits per heavy atom. The molecule has 0 saturated carbocycles. The largest absolute Gasteiger partial charge is 0.481 e. The lowest BCUT2D eigenvalue weighted by molar-refractivity contribution is -0.141. The van der Waals surface area contributed by atoms with Gasteiger partial charge in [-0.3, -0.25) is 9.63 Å². The molecule has 0 bridgehead atoms. The van der Waals surface area contributed by atoms with Crippen LogP contribution < -0.4 is 5.48 Å². The highest BCUT2D eigenvalue weighted by Crippen LogP contribution is 2.19. The van der Waals surface area contributed by atoms with Crippen molar-refractivity contribution in [1.82, 2.24) is 5.48 Å². The molecule has 0 radical (unpaired) electrons. The van der Waals surface area contributed by atoms with Gasteiger partial charge in [0.2, 0.25) is 0 Å². The molecule has 0 aliphatic carbocycles. The minimum absolute atomic E-state index is 0.0176. The van der Waals surface area contributed by atoms with Gasteiger partial charge >= 0.3 is 12.1 Å². The Morgan fingerprint density at radius 3 is 2.48 bits per heavy atom. The quantitative estimate of drug-likeness (QED) is 0.816. The molecule has 7 heteroatoms. The number of hydrogen-bond acceptors (Lipinski definition) is 4. The Hall–Kier alpha value is -2.15. The van der Waals surface area contributed by atoms with E-state index in [1.54, 1.807) is 20.8 Å². The topological polar surface area (TPSA) is 84.9 Å². The number of carboxylic acids is 1. The highest BCUT2D eigenvalue weighted by Gasteiger charge is 2.24. The van der Waals surface area contributed by atoms with Crippen LogP contribution in [0.4, 0.5) is 9.18 Å². The zero-order chi connectivity index (χ0) is 16.0. The fraction of sp³-hybridized carbons (Fsp3) is 0.429. The minimum Gasteiger partial charge on any atom is -0.481 e. The summed E-state index contributed by atoms with van der Waals surface area (Å²) in [7, 11) is 0. The van der Waals surface area contributed by atoms with E-state index < -0.39 is 36.0 Å². The number of rotatable bonds is 5. The van der Waals surface area contributed by atoms with E-state index in [-0.39, 0.29) is 5.56 Å². The molecule has 1 aromatic rings. The third-order valence-corrected chi connectivity index (χ3v) is 2.38. The maximum absolute atomic E-state index is 13.6. The van der Waals surface area contributed by atoms with Crippen molar-refractivity contribution < 1.29 is 28.7 Å². The van der Waals surface area contributed by atoms with Gasteiger partial charge in [0.1, 0.15) is 17.3 Å². The van der Waals surface area contributed by atoms with Crippen LogP contribution >= 0.6 is 0 Å². The first-order chi connectivity index (χ1) is 9.70. The number of benzene rings is 1. The summed E-state index contributed by atoms with van der Waals surface area (Å²) in [6.07, 6.45) is -0.847. The van der Waals surface area contributed by atoms with Gasteiger partial charge < -0.3 is 9.84 Å². The Labute approximate surface area is 121 Å². The normalized spacial score (nSPS) is 12.6. The van der Waals surface area contributed by atoms with Crippen LogP contribution in [-0.4, -0.2) is 29.4 Å². The van der Waals surface area contributed by atoms with Crippen molar-refractivity contribution in [2.24, 2.45) is 0 Å². The monoisotopic (exact) mass is 299 g/mol. The van der Waals surface area contributed by atoms with Gasteiger partial charge in [-0.15, -0.1) is 0 Å². The number of carbonyl (C=O) groups is 2. The molecule has 0 aliphatic rings. The van der Waals surface area contributed by atoms with Gasteiger partial charge in [0.15, 0.2) is 0 Å². The van der Waals surface area contributed by atoms with Crippen molar-refractivity contribution in [3.05, 3.63) is 35.6 Å². The predicted octanol–water partition coefficient (Wildman–Crippen LogP) is 2.45. The van der Waals surface area contributed by atoms with Crippen LogP contribution in [-0.2, 0) is 14.4 Å². The molecule has 0 spiro atoms. The average molecular weight is 299 g/mol. The van der Waals surface area contributed by atoms with Crippen LogP contribution in [0, 0.1) is 5.82 Å². The second-order valence-corrected chi connectivity index (χ2v) is 5.33. The first-order valence-corrected chi connectivity index (χ1v) is 6.28. The Balaban J connectivity index is 2.60. The van der Waals surface area contributed by atoms with Gasteiger partial charge in [-0.05, 0) is 26.8 Å². The number of amides is 1. The zero-order valence-corrected chi connectivity index (χ0v) is 12.1. The molecule has 2 N–H and O–H groups in total. The minimum atomic E-state index is -1.26. The fourth-order valence-corrected chi connectivity index (χ4v) is 1.53. The Morgan fingerprint density at radius 1 is 1.33 bits per heavy atom. The van der Waals surface area contributed by atoms with Crippen molar-refractivity contribution in [1.29, 1.82) is 0 Å². The summed E-state index contributed by atoms with van der Waals surface area (Å²) in [4.78, 5) is 27.3. The summed E-state index contributed by atoms with van der Waals surface area (Å²) >= 11 is 0. The molecule has 21 heavy (non-hydrogen) atoms. The lowest BCUT2D eigenvalue weighted by Gasteiger charge is -2.20. The maximum Gasteiger partial charge on any atom is 0.431 e. The molecule has 0 saturated heterocycles. The molecule has 0 aliphatic heterocycles. The van der Waals surface area contributed by atoms with E-state index in [0.29, 0.717) is 0 Å². The summed E-state index contributed by atoms with van der Waals surface area (Å²) < 4.78 is 18.5. The van der Waals surface area contributed by atoms with Crippen molar-refractivity contribution in [2.75, 3.05) is 6.61 Å². The van der Waals surface area contributed by atoms with E-state index in [1.165, 1.54) is 18.2 Å². The Kier molecular flexibility index (Phi) is 5.66. The van der Waals surface area contributed by atoms with Crippen LogP contribution in [0.15, 0.2) is 24.3 Å². The highest BCUT2D eigenvalue weighted by atomic mass is 19.1. The summed E-state index contributed by atoms with van der Waals surface area (Å²) in [6, 6.07) is 5.49. The summed E-state index contributed by atoms with van der Waals surface area (Å²) in [5, 5.41) is 9.11. The van der Waals surface area contributed by atoms with Gasteiger partial charge in [0.05, 0.1) is 6.61 Å². The van der Waals surface area contributed by atoms with Crippen molar-refractivity contribution in [3.8, 4) is 0 Å². The molecular weight excluding hydrogens is 281 g/mol. The molecule has 1 rings (SSSR count). The maximum atomic E-state index is 13.6. The lowest BCUT2D eigenvalue weighted by atomic mass is 10.00. The van der Waals surface area contributed by atoms with Crippen LogP contribution in [0.5, 0.6) is 0 Å². The number of halogens is 1. The highest BCUT2D eigenvalue weighted by molar-refractivity contribution is 5.76. The van der Waals surface area contributed by atoms with Gasteiger partial charge in [-0.1, -0.05) is 18.2 Å². The molecule has 0 heterocycles. The standard InChI is InChI=1S/C14H18FNO5/c1-14(2,3)21-13(19)16-20-8-10(12(17)18)9-6-4-5-7-11(9)15/h4-7,10H,8H2,1-3H3,(H,16,19)(H,17,18). The van der Waals surface area contributed by atoms with Gasteiger partial charge in [0, 0.05) is 5.56 Å². The summed E-state index contributed by atoms with van der Waals surface area (Å²) in [5.74, 6) is -3.14. The molecular formula is C14H18FNO5. The van der Waals surface area contributed by atoms with Crippen LogP contribution in [0.25, 0.3) is 0 Å². The van der Waals surface area contributed by atoms with E-state index >= 15 is 0 Å². The first-order valence-electron chi connectivity index (χ1n) is 6.28.